The summed E-state index contributed by atoms with van der Waals surface area (Å²) in [6.07, 6.45) is 9.53. The zero-order valence-electron chi connectivity index (χ0n) is 16.3. The molecule has 0 atom stereocenters. The summed E-state index contributed by atoms with van der Waals surface area (Å²) in [5.74, 6) is 0. The van der Waals surface area contributed by atoms with E-state index in [0.29, 0.717) is 28.4 Å². The van der Waals surface area contributed by atoms with Crippen molar-refractivity contribution in [3.63, 3.8) is 0 Å². The van der Waals surface area contributed by atoms with Crippen LogP contribution < -0.4 is 5.56 Å². The first kappa shape index (κ1) is 20.7. The number of amides is 1. The van der Waals surface area contributed by atoms with Crippen molar-refractivity contribution in [3.8, 4) is 0 Å². The first-order valence-corrected chi connectivity index (χ1v) is 9.83. The van der Waals surface area contributed by atoms with Gasteiger partial charge in [-0.2, -0.15) is 0 Å². The Hall–Kier alpha value is -2.61. The SMILES string of the molecule is C=CCn1c(=O)c2cnc(SC)nc2n1C(=C/N(C=O)C(C)C)/C(C)=C\C. The minimum atomic E-state index is -0.199. The van der Waals surface area contributed by atoms with Crippen molar-refractivity contribution < 1.29 is 4.79 Å². The third kappa shape index (κ3) is 4.05. The molecule has 0 radical (unpaired) electrons. The minimum Gasteiger partial charge on any atom is -0.317 e. The predicted octanol–water partition coefficient (Wildman–Crippen LogP) is 3.13. The van der Waals surface area contributed by atoms with Gasteiger partial charge in [-0.15, -0.1) is 6.58 Å². The second kappa shape index (κ2) is 8.85. The molecule has 1 amide bonds. The van der Waals surface area contributed by atoms with E-state index >= 15 is 0 Å². The van der Waals surface area contributed by atoms with Crippen LogP contribution >= 0.6 is 11.8 Å². The van der Waals surface area contributed by atoms with Crippen molar-refractivity contribution in [2.24, 2.45) is 0 Å². The molecule has 0 bridgehead atoms. The van der Waals surface area contributed by atoms with E-state index in [1.165, 1.54) is 11.8 Å². The van der Waals surface area contributed by atoms with Gasteiger partial charge in [0.15, 0.2) is 10.8 Å². The molecule has 2 aromatic heterocycles. The molecule has 144 valence electrons. The number of aromatic nitrogens is 4. The standard InChI is InChI=1S/C19H25N5O2S/c1-7-9-23-18(26)15-10-20-19(27-6)21-17(15)24(23)16(14(5)8-2)11-22(12-25)13(3)4/h7-8,10-13H,1,9H2,2-6H3/b14-8-,16-11+. The third-order valence-electron chi connectivity index (χ3n) is 4.19. The molecule has 0 aliphatic rings. The maximum atomic E-state index is 12.9. The summed E-state index contributed by atoms with van der Waals surface area (Å²) in [5, 5.41) is 0.993. The predicted molar refractivity (Wildman–Crippen MR) is 111 cm³/mol. The Kier molecular flexibility index (Phi) is 6.79. The van der Waals surface area contributed by atoms with E-state index in [1.54, 1.807) is 32.7 Å². The highest BCUT2D eigenvalue weighted by atomic mass is 32.2. The number of hydrogen-bond acceptors (Lipinski definition) is 5. The Labute approximate surface area is 163 Å². The molecule has 0 saturated heterocycles. The largest absolute Gasteiger partial charge is 0.317 e. The molecule has 0 aliphatic heterocycles. The molecule has 8 heteroatoms. The lowest BCUT2D eigenvalue weighted by molar-refractivity contribution is -0.117. The molecule has 27 heavy (non-hydrogen) atoms. The molecule has 0 unspecified atom stereocenters. The van der Waals surface area contributed by atoms with E-state index < -0.39 is 0 Å². The fourth-order valence-corrected chi connectivity index (χ4v) is 2.89. The lowest BCUT2D eigenvalue weighted by atomic mass is 10.2. The van der Waals surface area contributed by atoms with E-state index in [0.717, 1.165) is 12.0 Å². The van der Waals surface area contributed by atoms with Crippen molar-refractivity contribution in [2.75, 3.05) is 6.26 Å². The maximum absolute atomic E-state index is 12.9. The molecule has 7 nitrogen and oxygen atoms in total. The van der Waals surface area contributed by atoms with Gasteiger partial charge in [0.1, 0.15) is 5.39 Å². The summed E-state index contributed by atoms with van der Waals surface area (Å²) in [6, 6.07) is -0.0278. The summed E-state index contributed by atoms with van der Waals surface area (Å²) < 4.78 is 3.30. The number of rotatable bonds is 8. The summed E-state index contributed by atoms with van der Waals surface area (Å²) >= 11 is 1.40. The van der Waals surface area contributed by atoms with Gasteiger partial charge >= 0.3 is 0 Å². The van der Waals surface area contributed by atoms with Crippen molar-refractivity contribution >= 4 is 34.9 Å². The third-order valence-corrected chi connectivity index (χ3v) is 4.75. The molecular weight excluding hydrogens is 362 g/mol. The molecule has 0 aliphatic carbocycles. The molecule has 0 N–H and O–H groups in total. The Bertz CT molecular complexity index is 968. The number of carbonyl (C=O) groups is 1. The quantitative estimate of drug-likeness (QED) is 0.229. The molecule has 0 aromatic carbocycles. The van der Waals surface area contributed by atoms with Gasteiger partial charge in [0.05, 0.1) is 12.2 Å². The van der Waals surface area contributed by atoms with Crippen LogP contribution in [0.15, 0.2) is 46.7 Å². The fourth-order valence-electron chi connectivity index (χ4n) is 2.56. The molecule has 0 saturated carbocycles. The van der Waals surface area contributed by atoms with Crippen molar-refractivity contribution in [3.05, 3.63) is 47.1 Å². The van der Waals surface area contributed by atoms with Crippen LogP contribution in [0.5, 0.6) is 0 Å². The minimum absolute atomic E-state index is 0.0278. The number of thioether (sulfide) groups is 1. The van der Waals surface area contributed by atoms with Crippen molar-refractivity contribution in [2.45, 2.75) is 45.4 Å². The normalized spacial score (nSPS) is 12.7. The zero-order valence-corrected chi connectivity index (χ0v) is 17.2. The first-order chi connectivity index (χ1) is 12.9. The van der Waals surface area contributed by atoms with Crippen LogP contribution in [0.4, 0.5) is 0 Å². The average molecular weight is 388 g/mol. The van der Waals surface area contributed by atoms with Crippen LogP contribution in [0.3, 0.4) is 0 Å². The summed E-state index contributed by atoms with van der Waals surface area (Å²) in [6.45, 7) is 11.8. The highest BCUT2D eigenvalue weighted by molar-refractivity contribution is 7.98. The smallest absolute Gasteiger partial charge is 0.278 e. The number of hydrogen-bond donors (Lipinski definition) is 0. The van der Waals surface area contributed by atoms with Crippen LogP contribution in [0.25, 0.3) is 16.7 Å². The highest BCUT2D eigenvalue weighted by Crippen LogP contribution is 2.23. The summed E-state index contributed by atoms with van der Waals surface area (Å²) in [5.41, 5.74) is 1.90. The average Bonchev–Trinajstić information content (AvgIpc) is 2.93. The molecular formula is C19H25N5O2S. The van der Waals surface area contributed by atoms with Crippen molar-refractivity contribution in [1.82, 2.24) is 24.2 Å². The van der Waals surface area contributed by atoms with Crippen LogP contribution in [0.2, 0.25) is 0 Å². The second-order valence-corrected chi connectivity index (χ2v) is 6.99. The Balaban J connectivity index is 2.94. The Morgan fingerprint density at radius 1 is 1.44 bits per heavy atom. The van der Waals surface area contributed by atoms with Crippen LogP contribution in [0.1, 0.15) is 27.7 Å². The molecule has 2 heterocycles. The van der Waals surface area contributed by atoms with Gasteiger partial charge in [-0.1, -0.05) is 23.9 Å². The van der Waals surface area contributed by atoms with E-state index in [2.05, 4.69) is 16.5 Å². The van der Waals surface area contributed by atoms with Crippen LogP contribution in [0, 0.1) is 0 Å². The van der Waals surface area contributed by atoms with E-state index in [-0.39, 0.29) is 11.6 Å². The number of fused-ring (bicyclic) bond motifs is 1. The summed E-state index contributed by atoms with van der Waals surface area (Å²) in [7, 11) is 0. The highest BCUT2D eigenvalue weighted by Gasteiger charge is 2.20. The van der Waals surface area contributed by atoms with E-state index in [1.807, 2.05) is 40.0 Å². The fraction of sp³-hybridized carbons (Fsp3) is 0.368. The van der Waals surface area contributed by atoms with Gasteiger partial charge in [0, 0.05) is 18.4 Å². The topological polar surface area (TPSA) is 73.0 Å². The Morgan fingerprint density at radius 3 is 2.67 bits per heavy atom. The Morgan fingerprint density at radius 2 is 2.15 bits per heavy atom. The molecule has 2 rings (SSSR count). The van der Waals surface area contributed by atoms with E-state index in [4.69, 9.17) is 0 Å². The lowest BCUT2D eigenvalue weighted by Crippen LogP contribution is -2.27. The first-order valence-electron chi connectivity index (χ1n) is 8.61. The second-order valence-electron chi connectivity index (χ2n) is 6.21. The lowest BCUT2D eigenvalue weighted by Gasteiger charge is -2.22. The van der Waals surface area contributed by atoms with Gasteiger partial charge in [-0.25, -0.2) is 19.3 Å². The van der Waals surface area contributed by atoms with Crippen LogP contribution in [-0.2, 0) is 11.3 Å². The molecule has 0 spiro atoms. The molecule has 2 aromatic rings. The number of nitrogens with zero attached hydrogens (tertiary/aromatic N) is 5. The monoisotopic (exact) mass is 387 g/mol. The van der Waals surface area contributed by atoms with E-state index in [9.17, 15) is 9.59 Å². The van der Waals surface area contributed by atoms with Gasteiger partial charge in [-0.05, 0) is 39.5 Å². The number of allylic oxidation sites excluding steroid dienone is 4. The summed E-state index contributed by atoms with van der Waals surface area (Å²) in [4.78, 5) is 34.8. The maximum Gasteiger partial charge on any atom is 0.278 e. The van der Waals surface area contributed by atoms with Gasteiger partial charge in [0.2, 0.25) is 6.41 Å². The van der Waals surface area contributed by atoms with Gasteiger partial charge < -0.3 is 4.90 Å². The molecule has 0 fully saturated rings. The van der Waals surface area contributed by atoms with Crippen LogP contribution in [-0.4, -0.2) is 42.9 Å². The zero-order chi connectivity index (χ0) is 20.1. The van der Waals surface area contributed by atoms with Gasteiger partial charge in [-0.3, -0.25) is 9.59 Å². The van der Waals surface area contributed by atoms with Gasteiger partial charge in [0.25, 0.3) is 5.56 Å². The van der Waals surface area contributed by atoms with Crippen molar-refractivity contribution in [1.29, 1.82) is 0 Å². The number of carbonyl (C=O) groups excluding carboxylic acids is 1.